The Morgan fingerprint density at radius 3 is 2.15 bits per heavy atom. The Balaban J connectivity index is 1.33. The number of aromatic nitrogens is 5. The summed E-state index contributed by atoms with van der Waals surface area (Å²) < 4.78 is 4.68. The minimum absolute atomic E-state index is 0.677. The van der Waals surface area contributed by atoms with Gasteiger partial charge in [-0.05, 0) is 41.1 Å². The fourth-order valence-electron chi connectivity index (χ4n) is 5.97. The number of benzene rings is 5. The lowest BCUT2D eigenvalue weighted by atomic mass is 10.1. The van der Waals surface area contributed by atoms with Gasteiger partial charge in [0, 0.05) is 48.9 Å². The number of fused-ring (bicyclic) bond motifs is 8. The SMILES string of the molecule is c1ccc2cc3c(cc2c1)c1ccccc1n3-c1nnc(-c2ccc3c(c2)sc2ccccc23)c2nccnc12. The van der Waals surface area contributed by atoms with Crippen molar-refractivity contribution in [1.29, 1.82) is 0 Å². The molecule has 0 unspecified atom stereocenters. The smallest absolute Gasteiger partial charge is 0.188 e. The van der Waals surface area contributed by atoms with Gasteiger partial charge in [-0.25, -0.2) is 4.98 Å². The van der Waals surface area contributed by atoms with E-state index in [0.29, 0.717) is 5.82 Å². The highest BCUT2D eigenvalue weighted by atomic mass is 32.1. The van der Waals surface area contributed by atoms with E-state index in [-0.39, 0.29) is 0 Å². The zero-order valence-electron chi connectivity index (χ0n) is 21.1. The lowest BCUT2D eigenvalue weighted by Gasteiger charge is -2.11. The summed E-state index contributed by atoms with van der Waals surface area (Å²) in [6.07, 6.45) is 3.46. The highest BCUT2D eigenvalue weighted by Crippen LogP contribution is 2.39. The molecule has 0 aliphatic carbocycles. The van der Waals surface area contributed by atoms with Crippen molar-refractivity contribution in [2.45, 2.75) is 0 Å². The second-order valence-corrected chi connectivity index (χ2v) is 11.1. The molecule has 0 fully saturated rings. The van der Waals surface area contributed by atoms with Crippen LogP contribution in [-0.4, -0.2) is 24.7 Å². The minimum atomic E-state index is 0.677. The van der Waals surface area contributed by atoms with Gasteiger partial charge in [0.25, 0.3) is 0 Å². The Kier molecular flexibility index (Phi) is 4.42. The van der Waals surface area contributed by atoms with E-state index in [2.05, 4.69) is 108 Å². The second-order valence-electron chi connectivity index (χ2n) is 10.0. The summed E-state index contributed by atoms with van der Waals surface area (Å²) in [6, 6.07) is 36.4. The standard InChI is InChI=1S/C34H19N5S/c1-2-8-21-18-28-26(17-20(21)7-1)23-9-3-5-11-27(23)39(28)34-33-32(35-15-16-36-33)31(37-38-34)22-13-14-25-24-10-4-6-12-29(24)40-30(25)19-22/h1-19H. The third-order valence-corrected chi connectivity index (χ3v) is 8.92. The van der Waals surface area contributed by atoms with Crippen LogP contribution in [0, 0.1) is 0 Å². The van der Waals surface area contributed by atoms with Gasteiger partial charge in [-0.1, -0.05) is 72.8 Å². The van der Waals surface area contributed by atoms with E-state index in [4.69, 9.17) is 20.2 Å². The number of thiophene rings is 1. The molecule has 0 aliphatic heterocycles. The molecule has 186 valence electrons. The quantitative estimate of drug-likeness (QED) is 0.225. The van der Waals surface area contributed by atoms with Crippen LogP contribution in [0.15, 0.2) is 116 Å². The average Bonchev–Trinajstić information content (AvgIpc) is 3.54. The van der Waals surface area contributed by atoms with E-state index in [0.717, 1.165) is 33.3 Å². The van der Waals surface area contributed by atoms with Crippen molar-refractivity contribution in [2.24, 2.45) is 0 Å². The van der Waals surface area contributed by atoms with Crippen LogP contribution >= 0.6 is 11.3 Å². The minimum Gasteiger partial charge on any atom is -0.290 e. The van der Waals surface area contributed by atoms with E-state index >= 15 is 0 Å². The molecule has 9 rings (SSSR count). The summed E-state index contributed by atoms with van der Waals surface area (Å²) >= 11 is 1.79. The summed E-state index contributed by atoms with van der Waals surface area (Å²) in [6.45, 7) is 0. The molecule has 9 aromatic rings. The van der Waals surface area contributed by atoms with Gasteiger partial charge >= 0.3 is 0 Å². The Morgan fingerprint density at radius 1 is 0.525 bits per heavy atom. The van der Waals surface area contributed by atoms with Crippen molar-refractivity contribution >= 4 is 75.1 Å². The summed E-state index contributed by atoms with van der Waals surface area (Å²) in [4.78, 5) is 9.60. The lowest BCUT2D eigenvalue weighted by Crippen LogP contribution is -2.04. The first-order valence-electron chi connectivity index (χ1n) is 13.1. The Morgan fingerprint density at radius 2 is 1.25 bits per heavy atom. The van der Waals surface area contributed by atoms with Crippen LogP contribution in [0.3, 0.4) is 0 Å². The van der Waals surface area contributed by atoms with Crippen molar-refractivity contribution in [2.75, 3.05) is 0 Å². The molecule has 40 heavy (non-hydrogen) atoms. The predicted molar refractivity (Wildman–Crippen MR) is 165 cm³/mol. The Bertz CT molecular complexity index is 2450. The van der Waals surface area contributed by atoms with Gasteiger partial charge in [0.15, 0.2) is 5.82 Å². The van der Waals surface area contributed by atoms with Crippen molar-refractivity contribution in [3.05, 3.63) is 116 Å². The van der Waals surface area contributed by atoms with Crippen LogP contribution < -0.4 is 0 Å². The lowest BCUT2D eigenvalue weighted by molar-refractivity contribution is 0.965. The molecule has 0 radical (unpaired) electrons. The summed E-state index contributed by atoms with van der Waals surface area (Å²) in [5, 5.41) is 16.9. The first-order chi connectivity index (χ1) is 19.8. The number of nitrogens with zero attached hydrogens (tertiary/aromatic N) is 5. The van der Waals surface area contributed by atoms with Crippen LogP contribution in [0.25, 0.3) is 80.9 Å². The average molecular weight is 530 g/mol. The summed E-state index contributed by atoms with van der Waals surface area (Å²) in [7, 11) is 0. The maximum Gasteiger partial charge on any atom is 0.188 e. The Labute approximate surface area is 232 Å². The molecular formula is C34H19N5S. The highest BCUT2D eigenvalue weighted by molar-refractivity contribution is 7.25. The molecule has 0 amide bonds. The molecular weight excluding hydrogens is 510 g/mol. The van der Waals surface area contributed by atoms with Gasteiger partial charge < -0.3 is 0 Å². The third kappa shape index (κ3) is 3.02. The fourth-order valence-corrected chi connectivity index (χ4v) is 7.11. The molecule has 0 atom stereocenters. The zero-order valence-corrected chi connectivity index (χ0v) is 21.9. The largest absolute Gasteiger partial charge is 0.290 e. The summed E-state index contributed by atoms with van der Waals surface area (Å²) in [5.74, 6) is 0.677. The van der Waals surface area contributed by atoms with Gasteiger partial charge in [0.2, 0.25) is 0 Å². The molecule has 4 heterocycles. The van der Waals surface area contributed by atoms with Crippen LogP contribution in [0.4, 0.5) is 0 Å². The van der Waals surface area contributed by atoms with Gasteiger partial charge in [-0.2, -0.15) is 0 Å². The molecule has 0 aliphatic rings. The zero-order chi connectivity index (χ0) is 26.2. The van der Waals surface area contributed by atoms with Crippen LogP contribution in [0.2, 0.25) is 0 Å². The maximum absolute atomic E-state index is 4.84. The number of hydrogen-bond acceptors (Lipinski definition) is 5. The van der Waals surface area contributed by atoms with E-state index in [1.165, 1.54) is 41.7 Å². The van der Waals surface area contributed by atoms with Gasteiger partial charge in [0.1, 0.15) is 16.7 Å². The van der Waals surface area contributed by atoms with Crippen LogP contribution in [-0.2, 0) is 0 Å². The van der Waals surface area contributed by atoms with Crippen LogP contribution in [0.5, 0.6) is 0 Å². The maximum atomic E-state index is 4.84. The van der Waals surface area contributed by atoms with Crippen LogP contribution in [0.1, 0.15) is 0 Å². The third-order valence-electron chi connectivity index (χ3n) is 7.78. The molecule has 5 aromatic carbocycles. The topological polar surface area (TPSA) is 56.5 Å². The monoisotopic (exact) mass is 529 g/mol. The van der Waals surface area contributed by atoms with Crippen molar-refractivity contribution in [3.63, 3.8) is 0 Å². The highest BCUT2D eigenvalue weighted by Gasteiger charge is 2.20. The molecule has 6 heteroatoms. The van der Waals surface area contributed by atoms with Gasteiger partial charge in [-0.15, -0.1) is 21.5 Å². The Hall–Kier alpha value is -5.20. The molecule has 0 bridgehead atoms. The molecule has 0 saturated heterocycles. The first-order valence-corrected chi connectivity index (χ1v) is 14.0. The van der Waals surface area contributed by atoms with E-state index in [9.17, 15) is 0 Å². The van der Waals surface area contributed by atoms with Gasteiger partial charge in [-0.3, -0.25) is 9.55 Å². The van der Waals surface area contributed by atoms with Crippen molar-refractivity contribution < 1.29 is 0 Å². The van der Waals surface area contributed by atoms with Gasteiger partial charge in [0.05, 0.1) is 11.0 Å². The molecule has 0 spiro atoms. The summed E-state index contributed by atoms with van der Waals surface area (Å²) in [5.41, 5.74) is 5.31. The molecule has 5 nitrogen and oxygen atoms in total. The first kappa shape index (κ1) is 21.7. The van der Waals surface area contributed by atoms with E-state index in [1.807, 2.05) is 0 Å². The molecule has 0 N–H and O–H groups in total. The molecule has 0 saturated carbocycles. The van der Waals surface area contributed by atoms with E-state index < -0.39 is 0 Å². The number of hydrogen-bond donors (Lipinski definition) is 0. The number of para-hydroxylation sites is 1. The molecule has 4 aromatic heterocycles. The predicted octanol–water partition coefficient (Wildman–Crippen LogP) is 8.71. The number of rotatable bonds is 2. The fraction of sp³-hybridized carbons (Fsp3) is 0. The normalized spacial score (nSPS) is 12.0. The second kappa shape index (κ2) is 8.15. The van der Waals surface area contributed by atoms with Crippen molar-refractivity contribution in [1.82, 2.24) is 24.7 Å². The van der Waals surface area contributed by atoms with Crippen molar-refractivity contribution in [3.8, 4) is 17.1 Å². The van der Waals surface area contributed by atoms with E-state index in [1.54, 1.807) is 23.7 Å².